The molecule has 0 unspecified atom stereocenters. The first-order chi connectivity index (χ1) is 11.2. The standard InChI is InChI=1S/C16H16N4O2S/c1-20(2)12(14-6-4-8-23-14)10-18-15-11(9-17)19-16(22-15)13-5-3-7-21-13/h3-8,12,18H,10H2,1-2H3/t12-/m0/s1. The summed E-state index contributed by atoms with van der Waals surface area (Å²) in [5.74, 6) is 1.16. The van der Waals surface area contributed by atoms with Crippen molar-refractivity contribution in [3.8, 4) is 17.7 Å². The SMILES string of the molecule is CN(C)[C@@H](CNc1oc(-c2ccco2)nc1C#N)c1cccs1. The van der Waals surface area contributed by atoms with Crippen LogP contribution < -0.4 is 5.32 Å². The van der Waals surface area contributed by atoms with Crippen LogP contribution >= 0.6 is 11.3 Å². The Labute approximate surface area is 138 Å². The van der Waals surface area contributed by atoms with E-state index in [1.807, 2.05) is 26.2 Å². The van der Waals surface area contributed by atoms with Crippen molar-refractivity contribution >= 4 is 17.2 Å². The highest BCUT2D eigenvalue weighted by Gasteiger charge is 2.19. The fourth-order valence-corrected chi connectivity index (χ4v) is 3.15. The molecule has 1 N–H and O–H groups in total. The Morgan fingerprint density at radius 1 is 1.39 bits per heavy atom. The molecule has 0 fully saturated rings. The van der Waals surface area contributed by atoms with E-state index in [-0.39, 0.29) is 11.7 Å². The van der Waals surface area contributed by atoms with E-state index in [0.717, 1.165) is 0 Å². The smallest absolute Gasteiger partial charge is 0.266 e. The second-order valence-electron chi connectivity index (χ2n) is 5.16. The largest absolute Gasteiger partial charge is 0.459 e. The average molecular weight is 328 g/mol. The van der Waals surface area contributed by atoms with Crippen LogP contribution in [0.5, 0.6) is 0 Å². The van der Waals surface area contributed by atoms with E-state index in [4.69, 9.17) is 8.83 Å². The number of oxazole rings is 1. The maximum Gasteiger partial charge on any atom is 0.266 e. The molecule has 23 heavy (non-hydrogen) atoms. The normalized spacial score (nSPS) is 12.3. The van der Waals surface area contributed by atoms with E-state index < -0.39 is 0 Å². The summed E-state index contributed by atoms with van der Waals surface area (Å²) in [5.41, 5.74) is 0.222. The van der Waals surface area contributed by atoms with Crippen LogP contribution in [0.3, 0.4) is 0 Å². The second-order valence-corrected chi connectivity index (χ2v) is 6.14. The number of thiophene rings is 1. The van der Waals surface area contributed by atoms with Gasteiger partial charge in [0, 0.05) is 11.4 Å². The van der Waals surface area contributed by atoms with Gasteiger partial charge in [-0.1, -0.05) is 6.07 Å². The number of hydrogen-bond acceptors (Lipinski definition) is 7. The molecular weight excluding hydrogens is 312 g/mol. The number of likely N-dealkylation sites (N-methyl/N-ethyl adjacent to an activating group) is 1. The topological polar surface area (TPSA) is 78.2 Å². The maximum absolute atomic E-state index is 9.24. The summed E-state index contributed by atoms with van der Waals surface area (Å²) in [7, 11) is 4.04. The zero-order valence-electron chi connectivity index (χ0n) is 12.8. The first-order valence-electron chi connectivity index (χ1n) is 7.07. The molecule has 0 aliphatic heterocycles. The van der Waals surface area contributed by atoms with Crippen LogP contribution in [0.4, 0.5) is 5.88 Å². The molecule has 7 heteroatoms. The molecule has 6 nitrogen and oxygen atoms in total. The molecule has 3 aromatic heterocycles. The predicted molar refractivity (Wildman–Crippen MR) is 88.2 cm³/mol. The predicted octanol–water partition coefficient (Wildman–Crippen LogP) is 3.58. The van der Waals surface area contributed by atoms with Gasteiger partial charge in [0.15, 0.2) is 5.76 Å². The van der Waals surface area contributed by atoms with Crippen molar-refractivity contribution in [1.29, 1.82) is 5.26 Å². The van der Waals surface area contributed by atoms with Crippen LogP contribution in [0.25, 0.3) is 11.7 Å². The van der Waals surface area contributed by atoms with E-state index in [1.54, 1.807) is 23.5 Å². The van der Waals surface area contributed by atoms with E-state index in [9.17, 15) is 5.26 Å². The molecule has 3 rings (SSSR count). The van der Waals surface area contributed by atoms with Crippen molar-refractivity contribution in [2.75, 3.05) is 26.0 Å². The molecule has 0 aliphatic carbocycles. The number of anilines is 1. The van der Waals surface area contributed by atoms with Gasteiger partial charge >= 0.3 is 0 Å². The molecule has 0 radical (unpaired) electrons. The van der Waals surface area contributed by atoms with E-state index in [1.165, 1.54) is 11.1 Å². The summed E-state index contributed by atoms with van der Waals surface area (Å²) < 4.78 is 10.9. The van der Waals surface area contributed by atoms with Gasteiger partial charge < -0.3 is 19.1 Å². The van der Waals surface area contributed by atoms with Crippen molar-refractivity contribution in [2.45, 2.75) is 6.04 Å². The van der Waals surface area contributed by atoms with Crippen LogP contribution in [0.2, 0.25) is 0 Å². The zero-order valence-corrected chi connectivity index (χ0v) is 13.6. The molecule has 0 spiro atoms. The highest BCUT2D eigenvalue weighted by Crippen LogP contribution is 2.28. The highest BCUT2D eigenvalue weighted by atomic mass is 32.1. The van der Waals surface area contributed by atoms with Crippen molar-refractivity contribution in [1.82, 2.24) is 9.88 Å². The number of nitrogens with one attached hydrogen (secondary N) is 1. The number of furan rings is 1. The lowest BCUT2D eigenvalue weighted by molar-refractivity contribution is 0.314. The molecule has 3 heterocycles. The van der Waals surface area contributed by atoms with Crippen LogP contribution in [0.15, 0.2) is 44.7 Å². The minimum Gasteiger partial charge on any atom is -0.459 e. The maximum atomic E-state index is 9.24. The lowest BCUT2D eigenvalue weighted by Gasteiger charge is -2.23. The highest BCUT2D eigenvalue weighted by molar-refractivity contribution is 7.10. The minimum absolute atomic E-state index is 0.179. The molecule has 0 saturated heterocycles. The summed E-state index contributed by atoms with van der Waals surface area (Å²) >= 11 is 1.70. The van der Waals surface area contributed by atoms with E-state index in [0.29, 0.717) is 24.1 Å². The van der Waals surface area contributed by atoms with Gasteiger partial charge in [-0.25, -0.2) is 0 Å². The van der Waals surface area contributed by atoms with Gasteiger partial charge in [-0.15, -0.1) is 11.3 Å². The van der Waals surface area contributed by atoms with Crippen molar-refractivity contribution in [3.63, 3.8) is 0 Å². The lowest BCUT2D eigenvalue weighted by atomic mass is 10.2. The third-order valence-electron chi connectivity index (χ3n) is 3.42. The summed E-state index contributed by atoms with van der Waals surface area (Å²) in [4.78, 5) is 7.52. The van der Waals surface area contributed by atoms with Gasteiger partial charge in [0.25, 0.3) is 5.89 Å². The molecule has 0 saturated carbocycles. The summed E-state index contributed by atoms with van der Waals surface area (Å²) in [6.45, 7) is 0.606. The summed E-state index contributed by atoms with van der Waals surface area (Å²) in [6, 6.07) is 9.84. The third kappa shape index (κ3) is 3.28. The first kappa shape index (κ1) is 15.3. The van der Waals surface area contributed by atoms with Crippen LogP contribution in [0, 0.1) is 11.3 Å². The number of hydrogen-bond donors (Lipinski definition) is 1. The van der Waals surface area contributed by atoms with Gasteiger partial charge in [0.05, 0.1) is 12.3 Å². The van der Waals surface area contributed by atoms with Gasteiger partial charge in [0.2, 0.25) is 11.6 Å². The summed E-state index contributed by atoms with van der Waals surface area (Å²) in [6.07, 6.45) is 1.54. The minimum atomic E-state index is 0.179. The molecule has 0 amide bonds. The van der Waals surface area contributed by atoms with Crippen molar-refractivity contribution < 1.29 is 8.83 Å². The van der Waals surface area contributed by atoms with E-state index in [2.05, 4.69) is 26.6 Å². The Morgan fingerprint density at radius 2 is 2.26 bits per heavy atom. The molecule has 0 bridgehead atoms. The Morgan fingerprint density at radius 3 is 2.87 bits per heavy atom. The number of aromatic nitrogens is 1. The Hall–Kier alpha value is -2.56. The monoisotopic (exact) mass is 328 g/mol. The molecule has 118 valence electrons. The van der Waals surface area contributed by atoms with Gasteiger partial charge in [0.1, 0.15) is 6.07 Å². The molecule has 0 aliphatic rings. The van der Waals surface area contributed by atoms with E-state index >= 15 is 0 Å². The van der Waals surface area contributed by atoms with Crippen LogP contribution in [0.1, 0.15) is 16.6 Å². The second kappa shape index (κ2) is 6.69. The summed E-state index contributed by atoms with van der Waals surface area (Å²) in [5, 5.41) is 14.5. The third-order valence-corrected chi connectivity index (χ3v) is 4.39. The number of nitriles is 1. The first-order valence-corrected chi connectivity index (χ1v) is 7.95. The lowest BCUT2D eigenvalue weighted by Crippen LogP contribution is -2.26. The zero-order chi connectivity index (χ0) is 16.2. The number of rotatable bonds is 6. The Balaban J connectivity index is 1.78. The fourth-order valence-electron chi connectivity index (χ4n) is 2.23. The Kier molecular flexibility index (Phi) is 4.46. The quantitative estimate of drug-likeness (QED) is 0.745. The van der Waals surface area contributed by atoms with Gasteiger partial charge in [-0.2, -0.15) is 10.2 Å². The van der Waals surface area contributed by atoms with Crippen molar-refractivity contribution in [2.24, 2.45) is 0 Å². The van der Waals surface area contributed by atoms with Crippen LogP contribution in [-0.4, -0.2) is 30.5 Å². The Bertz CT molecular complexity index is 785. The molecule has 0 aromatic carbocycles. The molecule has 1 atom stereocenters. The fraction of sp³-hybridized carbons (Fsp3) is 0.250. The molecular formula is C16H16N4O2S. The molecule has 3 aromatic rings. The van der Waals surface area contributed by atoms with Crippen molar-refractivity contribution in [3.05, 3.63) is 46.5 Å². The number of nitrogens with zero attached hydrogens (tertiary/aromatic N) is 3. The van der Waals surface area contributed by atoms with Crippen LogP contribution in [-0.2, 0) is 0 Å². The average Bonchev–Trinajstić information content (AvgIpc) is 3.28. The van der Waals surface area contributed by atoms with Gasteiger partial charge in [-0.05, 0) is 37.7 Å². The van der Waals surface area contributed by atoms with Gasteiger partial charge in [-0.3, -0.25) is 0 Å².